The van der Waals surface area contributed by atoms with Crippen LogP contribution in [0.5, 0.6) is 11.5 Å². The molecule has 0 saturated carbocycles. The highest BCUT2D eigenvalue weighted by Gasteiger charge is 2.28. The number of ether oxygens (including phenoxy) is 1. The lowest BCUT2D eigenvalue weighted by Crippen LogP contribution is -2.18. The smallest absolute Gasteiger partial charge is 0.139 e. The van der Waals surface area contributed by atoms with Crippen LogP contribution in [0.15, 0.2) is 146 Å². The van der Waals surface area contributed by atoms with Gasteiger partial charge in [-0.15, -0.1) is 0 Å². The van der Waals surface area contributed by atoms with Crippen molar-refractivity contribution in [1.82, 2.24) is 23.9 Å². The van der Waals surface area contributed by atoms with Crippen molar-refractivity contribution >= 4 is 43.6 Å². The lowest BCUT2D eigenvalue weighted by atomic mass is 9.86. The summed E-state index contributed by atoms with van der Waals surface area (Å²) >= 11 is 0. The Kier molecular flexibility index (Phi) is 9.44. The topological polar surface area (TPSA) is 49.8 Å². The number of rotatable bonds is 8. The Morgan fingerprint density at radius 3 is 1.87 bits per heavy atom. The molecule has 0 aliphatic rings. The fourth-order valence-corrected chi connectivity index (χ4v) is 9.69. The van der Waals surface area contributed by atoms with Crippen molar-refractivity contribution in [3.05, 3.63) is 174 Å². The third kappa shape index (κ3) is 6.48. The molecule has 10 aromatic rings. The number of para-hydroxylation sites is 3. The van der Waals surface area contributed by atoms with E-state index in [0.717, 1.165) is 61.8 Å². The fourth-order valence-electron chi connectivity index (χ4n) is 9.69. The molecule has 0 spiro atoms. The quantitative estimate of drug-likeness (QED) is 0.154. The van der Waals surface area contributed by atoms with Gasteiger partial charge in [-0.05, 0) is 84.3 Å². The minimum Gasteiger partial charge on any atom is -0.457 e. The number of hydrogen-bond acceptors (Lipinski definition) is 3. The number of hydrogen-bond donors (Lipinski definition) is 0. The summed E-state index contributed by atoms with van der Waals surface area (Å²) in [6.45, 7) is 20.1. The first-order valence-corrected chi connectivity index (χ1v) is 21.9. The summed E-state index contributed by atoms with van der Waals surface area (Å²) in [5.41, 5.74) is 14.8. The maximum atomic E-state index is 6.83. The van der Waals surface area contributed by atoms with Gasteiger partial charge in [-0.3, -0.25) is 4.57 Å². The number of benzene rings is 6. The van der Waals surface area contributed by atoms with Crippen LogP contribution in [0.1, 0.15) is 88.4 Å². The Bertz CT molecular complexity index is 3270. The largest absolute Gasteiger partial charge is 0.457 e. The zero-order valence-electron chi connectivity index (χ0n) is 37.2. The SMILES string of the molecule is Cc1cc(Oc2ccc3c4ccccc4n(-c4cc(-n5c6c(C(C)C)cccc6c6cccc(C(C)C)c65)ccn4)c3c2)cc(-n2nc(C)c(-c3ccccc3)c2C(C)(C)C)c1. The molecule has 4 heterocycles. The van der Waals surface area contributed by atoms with Crippen molar-refractivity contribution in [2.24, 2.45) is 0 Å². The molecule has 0 fully saturated rings. The number of pyridine rings is 1. The molecule has 0 radical (unpaired) electrons. The van der Waals surface area contributed by atoms with Crippen molar-refractivity contribution in [1.29, 1.82) is 0 Å². The van der Waals surface area contributed by atoms with E-state index in [9.17, 15) is 0 Å². The molecule has 6 nitrogen and oxygen atoms in total. The van der Waals surface area contributed by atoms with E-state index in [1.807, 2.05) is 6.20 Å². The molecule has 0 aliphatic carbocycles. The number of nitrogens with zero attached hydrogens (tertiary/aromatic N) is 5. The molecule has 0 unspecified atom stereocenters. The van der Waals surface area contributed by atoms with Gasteiger partial charge in [-0.1, -0.05) is 133 Å². The summed E-state index contributed by atoms with van der Waals surface area (Å²) < 4.78 is 13.7. The van der Waals surface area contributed by atoms with E-state index >= 15 is 0 Å². The van der Waals surface area contributed by atoms with Crippen molar-refractivity contribution in [2.75, 3.05) is 0 Å². The summed E-state index contributed by atoms with van der Waals surface area (Å²) in [5.74, 6) is 3.05. The van der Waals surface area contributed by atoms with Crippen LogP contribution in [0, 0.1) is 13.8 Å². The van der Waals surface area contributed by atoms with E-state index in [0.29, 0.717) is 11.8 Å². The maximum absolute atomic E-state index is 6.83. The Morgan fingerprint density at radius 2 is 1.19 bits per heavy atom. The van der Waals surface area contributed by atoms with Gasteiger partial charge in [0.2, 0.25) is 0 Å². The lowest BCUT2D eigenvalue weighted by Gasteiger charge is -2.23. The summed E-state index contributed by atoms with van der Waals surface area (Å²) in [5, 5.41) is 10.0. The first kappa shape index (κ1) is 39.2. The van der Waals surface area contributed by atoms with Crippen LogP contribution in [0.2, 0.25) is 0 Å². The summed E-state index contributed by atoms with van der Waals surface area (Å²) in [6, 6.07) is 50.0. The molecule has 4 aromatic heterocycles. The Labute approximate surface area is 364 Å². The predicted octanol–water partition coefficient (Wildman–Crippen LogP) is 15.1. The molecule has 6 heteroatoms. The van der Waals surface area contributed by atoms with E-state index in [4.69, 9.17) is 14.8 Å². The van der Waals surface area contributed by atoms with Crippen molar-refractivity contribution < 1.29 is 4.74 Å². The number of fused-ring (bicyclic) bond motifs is 6. The molecule has 62 heavy (non-hydrogen) atoms. The van der Waals surface area contributed by atoms with Crippen LogP contribution in [0.25, 0.3) is 71.9 Å². The lowest BCUT2D eigenvalue weighted by molar-refractivity contribution is 0.481. The van der Waals surface area contributed by atoms with E-state index in [-0.39, 0.29) is 5.41 Å². The zero-order valence-corrected chi connectivity index (χ0v) is 37.2. The van der Waals surface area contributed by atoms with Gasteiger partial charge in [0.15, 0.2) is 0 Å². The molecule has 0 atom stereocenters. The minimum absolute atomic E-state index is 0.171. The van der Waals surface area contributed by atoms with E-state index in [2.05, 4.69) is 216 Å². The second-order valence-corrected chi connectivity index (χ2v) is 18.5. The standard InChI is InChI=1S/C56H53N5O/c1-34(2)43-20-15-22-47-48-23-16-21-44(35(3)4)54(48)59(53(43)47)39-27-28-57-51(32-39)60-49-24-14-13-19-45(49)46-26-25-41(33-50(46)60)62-42-30-36(5)29-40(31-42)61-55(56(7,8)9)52(37(6)58-61)38-17-11-10-12-18-38/h10-35H,1-9H3. The van der Waals surface area contributed by atoms with Crippen molar-refractivity contribution in [3.8, 4) is 39.8 Å². The monoisotopic (exact) mass is 811 g/mol. The molecule has 0 N–H and O–H groups in total. The molecular weight excluding hydrogens is 759 g/mol. The molecule has 0 amide bonds. The predicted molar refractivity (Wildman–Crippen MR) is 258 cm³/mol. The van der Waals surface area contributed by atoms with Crippen LogP contribution in [0.3, 0.4) is 0 Å². The number of aryl methyl sites for hydroxylation is 2. The highest BCUT2D eigenvalue weighted by Crippen LogP contribution is 2.42. The van der Waals surface area contributed by atoms with Gasteiger partial charge in [0.25, 0.3) is 0 Å². The molecular formula is C56H53N5O. The zero-order chi connectivity index (χ0) is 43.0. The van der Waals surface area contributed by atoms with Crippen molar-refractivity contribution in [3.63, 3.8) is 0 Å². The fraction of sp³-hybridized carbons (Fsp3) is 0.214. The Morgan fingerprint density at radius 1 is 0.548 bits per heavy atom. The second-order valence-electron chi connectivity index (χ2n) is 18.5. The highest BCUT2D eigenvalue weighted by molar-refractivity contribution is 6.12. The van der Waals surface area contributed by atoms with E-state index in [1.165, 1.54) is 49.8 Å². The van der Waals surface area contributed by atoms with E-state index < -0.39 is 0 Å². The molecule has 6 aromatic carbocycles. The van der Waals surface area contributed by atoms with Gasteiger partial charge < -0.3 is 9.30 Å². The maximum Gasteiger partial charge on any atom is 0.139 e. The molecule has 0 saturated heterocycles. The third-order valence-electron chi connectivity index (χ3n) is 12.3. The van der Waals surface area contributed by atoms with Crippen LogP contribution in [-0.4, -0.2) is 23.9 Å². The van der Waals surface area contributed by atoms with Crippen LogP contribution < -0.4 is 4.74 Å². The van der Waals surface area contributed by atoms with Gasteiger partial charge in [-0.2, -0.15) is 5.10 Å². The number of aromatic nitrogens is 5. The molecule has 0 aliphatic heterocycles. The second kappa shape index (κ2) is 14.9. The molecule has 0 bridgehead atoms. The Balaban J connectivity index is 1.12. The van der Waals surface area contributed by atoms with Crippen LogP contribution in [0.4, 0.5) is 0 Å². The van der Waals surface area contributed by atoms with Gasteiger partial charge in [0.05, 0.1) is 44.8 Å². The first-order valence-electron chi connectivity index (χ1n) is 21.9. The van der Waals surface area contributed by atoms with Crippen molar-refractivity contribution in [2.45, 2.75) is 79.6 Å². The van der Waals surface area contributed by atoms with Gasteiger partial charge >= 0.3 is 0 Å². The van der Waals surface area contributed by atoms with Gasteiger partial charge in [0.1, 0.15) is 17.3 Å². The Hall–Kier alpha value is -6.92. The summed E-state index contributed by atoms with van der Waals surface area (Å²) in [7, 11) is 0. The summed E-state index contributed by atoms with van der Waals surface area (Å²) in [4.78, 5) is 5.10. The van der Waals surface area contributed by atoms with E-state index in [1.54, 1.807) is 0 Å². The van der Waals surface area contributed by atoms with Crippen LogP contribution in [-0.2, 0) is 5.41 Å². The van der Waals surface area contributed by atoms with Crippen LogP contribution >= 0.6 is 0 Å². The average molecular weight is 812 g/mol. The minimum atomic E-state index is -0.171. The molecule has 308 valence electrons. The van der Waals surface area contributed by atoms with Gasteiger partial charge in [0, 0.05) is 56.9 Å². The van der Waals surface area contributed by atoms with Gasteiger partial charge in [-0.25, -0.2) is 9.67 Å². The first-order chi connectivity index (χ1) is 29.9. The third-order valence-corrected chi connectivity index (χ3v) is 12.3. The average Bonchev–Trinajstić information content (AvgIpc) is 3.91. The normalized spacial score (nSPS) is 12.2. The molecule has 10 rings (SSSR count). The summed E-state index contributed by atoms with van der Waals surface area (Å²) in [6.07, 6.45) is 1.96. The highest BCUT2D eigenvalue weighted by atomic mass is 16.5.